The van der Waals surface area contributed by atoms with Crippen molar-refractivity contribution in [2.45, 2.75) is 36.7 Å². The quantitative estimate of drug-likeness (QED) is 0.108. The van der Waals surface area contributed by atoms with E-state index < -0.39 is 0 Å². The fourth-order valence-corrected chi connectivity index (χ4v) is 7.03. The van der Waals surface area contributed by atoms with Gasteiger partial charge in [0.05, 0.1) is 5.39 Å². The molecule has 0 unspecified atom stereocenters. The molecule has 5 aromatic rings. The first-order valence-corrected chi connectivity index (χ1v) is 12.7. The standard InChI is InChI=1S/C26H20N2O3S2/c1-2-12-28-25(30)23-18-8-5-9-20(18)33-24(23)27-26(28)32-14-16-13-21(29)31-19-11-10-15-6-3-4-7-17(15)22(16)19/h2-4,6-7,10-11,13H,1,5,8-9,12,14H2. The second kappa shape index (κ2) is 8.01. The average molecular weight is 473 g/mol. The largest absolute Gasteiger partial charge is 0.423 e. The molecule has 1 aliphatic carbocycles. The van der Waals surface area contributed by atoms with Crippen LogP contribution in [0.3, 0.4) is 0 Å². The van der Waals surface area contributed by atoms with Crippen LogP contribution in [-0.2, 0) is 25.1 Å². The van der Waals surface area contributed by atoms with Gasteiger partial charge in [-0.2, -0.15) is 0 Å². The monoisotopic (exact) mass is 472 g/mol. The maximum absolute atomic E-state index is 13.4. The molecule has 0 saturated heterocycles. The molecule has 3 aromatic heterocycles. The van der Waals surface area contributed by atoms with Crippen molar-refractivity contribution in [2.24, 2.45) is 0 Å². The van der Waals surface area contributed by atoms with Crippen molar-refractivity contribution in [1.82, 2.24) is 9.55 Å². The van der Waals surface area contributed by atoms with Gasteiger partial charge in [-0.25, -0.2) is 9.78 Å². The van der Waals surface area contributed by atoms with E-state index in [1.54, 1.807) is 28.0 Å². The average Bonchev–Trinajstić information content (AvgIpc) is 3.40. The molecule has 0 aliphatic heterocycles. The minimum absolute atomic E-state index is 0.00434. The van der Waals surface area contributed by atoms with Gasteiger partial charge < -0.3 is 4.42 Å². The van der Waals surface area contributed by atoms with Crippen LogP contribution in [-0.4, -0.2) is 9.55 Å². The molecule has 0 amide bonds. The summed E-state index contributed by atoms with van der Waals surface area (Å²) in [4.78, 5) is 32.7. The van der Waals surface area contributed by atoms with Gasteiger partial charge in [0, 0.05) is 28.6 Å². The highest BCUT2D eigenvalue weighted by molar-refractivity contribution is 7.98. The Bertz CT molecular complexity index is 1690. The Morgan fingerprint density at radius 3 is 2.91 bits per heavy atom. The van der Waals surface area contributed by atoms with Crippen molar-refractivity contribution in [3.8, 4) is 0 Å². The van der Waals surface area contributed by atoms with Gasteiger partial charge >= 0.3 is 5.63 Å². The summed E-state index contributed by atoms with van der Waals surface area (Å²) in [5.74, 6) is 0.496. The molecule has 7 heteroatoms. The topological polar surface area (TPSA) is 65.1 Å². The van der Waals surface area contributed by atoms with Crippen molar-refractivity contribution in [1.29, 1.82) is 0 Å². The minimum Gasteiger partial charge on any atom is -0.423 e. The van der Waals surface area contributed by atoms with Crippen LogP contribution in [0.15, 0.2) is 74.3 Å². The van der Waals surface area contributed by atoms with Gasteiger partial charge in [-0.3, -0.25) is 9.36 Å². The number of thiophene rings is 1. The number of thioether (sulfide) groups is 1. The lowest BCUT2D eigenvalue weighted by atomic mass is 10.0. The third kappa shape index (κ3) is 3.34. The smallest absolute Gasteiger partial charge is 0.336 e. The van der Waals surface area contributed by atoms with Gasteiger partial charge in [0.25, 0.3) is 5.56 Å². The molecule has 0 N–H and O–H groups in total. The summed E-state index contributed by atoms with van der Waals surface area (Å²) in [7, 11) is 0. The molecular weight excluding hydrogens is 452 g/mol. The van der Waals surface area contributed by atoms with Gasteiger partial charge in [-0.15, -0.1) is 17.9 Å². The van der Waals surface area contributed by atoms with Gasteiger partial charge in [-0.05, 0) is 47.2 Å². The number of fused-ring (bicyclic) bond motifs is 6. The minimum atomic E-state index is -0.380. The number of aromatic nitrogens is 2. The lowest BCUT2D eigenvalue weighted by molar-refractivity contribution is 0.560. The molecule has 0 atom stereocenters. The van der Waals surface area contributed by atoms with Crippen LogP contribution < -0.4 is 11.2 Å². The Morgan fingerprint density at radius 2 is 2.03 bits per heavy atom. The Kier molecular flexibility index (Phi) is 4.96. The predicted octanol–water partition coefficient (Wildman–Crippen LogP) is 5.68. The van der Waals surface area contributed by atoms with Crippen LogP contribution in [0.1, 0.15) is 22.4 Å². The highest BCUT2D eigenvalue weighted by Gasteiger charge is 2.23. The molecule has 1 aliphatic rings. The lowest BCUT2D eigenvalue weighted by Gasteiger charge is -2.12. The Balaban J connectivity index is 1.48. The molecule has 5 nitrogen and oxygen atoms in total. The number of benzene rings is 2. The first-order valence-electron chi connectivity index (χ1n) is 10.9. The van der Waals surface area contributed by atoms with Gasteiger partial charge in [0.1, 0.15) is 10.4 Å². The van der Waals surface area contributed by atoms with E-state index in [0.29, 0.717) is 23.0 Å². The van der Waals surface area contributed by atoms with E-state index in [1.807, 2.05) is 36.4 Å². The zero-order chi connectivity index (χ0) is 22.5. The van der Waals surface area contributed by atoms with Crippen LogP contribution in [0.2, 0.25) is 0 Å². The number of rotatable bonds is 5. The van der Waals surface area contributed by atoms with E-state index in [0.717, 1.165) is 51.2 Å². The number of nitrogens with zero attached hydrogens (tertiary/aromatic N) is 2. The van der Waals surface area contributed by atoms with E-state index in [1.165, 1.54) is 22.2 Å². The summed E-state index contributed by atoms with van der Waals surface area (Å²) in [6.07, 6.45) is 4.81. The van der Waals surface area contributed by atoms with E-state index in [9.17, 15) is 9.59 Å². The molecular formula is C26H20N2O3S2. The van der Waals surface area contributed by atoms with Crippen LogP contribution in [0.5, 0.6) is 0 Å². The Hall–Kier alpha value is -3.16. The highest BCUT2D eigenvalue weighted by Crippen LogP contribution is 2.36. The van der Waals surface area contributed by atoms with Crippen molar-refractivity contribution in [3.63, 3.8) is 0 Å². The number of hydrogen-bond donors (Lipinski definition) is 0. The van der Waals surface area contributed by atoms with Crippen LogP contribution in [0.25, 0.3) is 32.0 Å². The van der Waals surface area contributed by atoms with Gasteiger partial charge in [-0.1, -0.05) is 48.2 Å². The third-order valence-corrected chi connectivity index (χ3v) is 8.38. The normalized spacial score (nSPS) is 13.2. The molecule has 0 radical (unpaired) electrons. The number of aryl methyl sites for hydroxylation is 2. The number of hydrogen-bond acceptors (Lipinski definition) is 6. The third-order valence-electron chi connectivity index (χ3n) is 6.17. The second-order valence-corrected chi connectivity index (χ2v) is 10.2. The van der Waals surface area contributed by atoms with E-state index >= 15 is 0 Å². The zero-order valence-corrected chi connectivity index (χ0v) is 19.4. The van der Waals surface area contributed by atoms with E-state index in [2.05, 4.69) is 6.58 Å². The zero-order valence-electron chi connectivity index (χ0n) is 17.8. The highest BCUT2D eigenvalue weighted by atomic mass is 32.2. The van der Waals surface area contributed by atoms with Crippen LogP contribution >= 0.6 is 23.1 Å². The summed E-state index contributed by atoms with van der Waals surface area (Å²) in [6, 6.07) is 13.4. The summed E-state index contributed by atoms with van der Waals surface area (Å²) in [6.45, 7) is 4.23. The van der Waals surface area contributed by atoms with E-state index in [4.69, 9.17) is 9.40 Å². The second-order valence-electron chi connectivity index (χ2n) is 8.18. The molecule has 3 heterocycles. The fourth-order valence-electron chi connectivity index (χ4n) is 4.73. The molecule has 0 bridgehead atoms. The summed E-state index contributed by atoms with van der Waals surface area (Å²) in [5, 5.41) is 4.47. The maximum Gasteiger partial charge on any atom is 0.336 e. The summed E-state index contributed by atoms with van der Waals surface area (Å²) < 4.78 is 7.19. The fraction of sp³-hybridized carbons (Fsp3) is 0.192. The first kappa shape index (κ1) is 20.4. The van der Waals surface area contributed by atoms with Crippen LogP contribution in [0, 0.1) is 0 Å². The molecule has 0 saturated carbocycles. The summed E-state index contributed by atoms with van der Waals surface area (Å²) >= 11 is 3.11. The molecule has 33 heavy (non-hydrogen) atoms. The summed E-state index contributed by atoms with van der Waals surface area (Å²) in [5.41, 5.74) is 2.24. The molecule has 6 rings (SSSR count). The van der Waals surface area contributed by atoms with Gasteiger partial charge in [0.15, 0.2) is 5.16 Å². The van der Waals surface area contributed by atoms with E-state index in [-0.39, 0.29) is 11.2 Å². The molecule has 164 valence electrons. The number of allylic oxidation sites excluding steroid dienone is 1. The SMILES string of the molecule is C=CCn1c(SCc2cc(=O)oc3ccc4ccccc4c23)nc2sc3c(c2c1=O)CCC3. The maximum atomic E-state index is 13.4. The predicted molar refractivity (Wildman–Crippen MR) is 136 cm³/mol. The lowest BCUT2D eigenvalue weighted by Crippen LogP contribution is -2.22. The first-order chi connectivity index (χ1) is 16.1. The van der Waals surface area contributed by atoms with Crippen LogP contribution in [0.4, 0.5) is 0 Å². The molecule has 2 aromatic carbocycles. The molecule has 0 spiro atoms. The van der Waals surface area contributed by atoms with Crippen molar-refractivity contribution >= 4 is 55.1 Å². The Morgan fingerprint density at radius 1 is 1.15 bits per heavy atom. The van der Waals surface area contributed by atoms with Crippen molar-refractivity contribution in [2.75, 3.05) is 0 Å². The molecule has 0 fully saturated rings. The van der Waals surface area contributed by atoms with Gasteiger partial charge in [0.2, 0.25) is 0 Å². The Labute approximate surface area is 197 Å². The van der Waals surface area contributed by atoms with Crippen molar-refractivity contribution < 1.29 is 4.42 Å². The van der Waals surface area contributed by atoms with Crippen molar-refractivity contribution in [3.05, 3.63) is 91.9 Å².